The van der Waals surface area contributed by atoms with Crippen molar-refractivity contribution in [1.29, 1.82) is 0 Å². The molecule has 0 aliphatic carbocycles. The molecule has 2 N–H and O–H groups in total. The van der Waals surface area contributed by atoms with Gasteiger partial charge in [-0.2, -0.15) is 0 Å². The zero-order valence-electron chi connectivity index (χ0n) is 11.4. The van der Waals surface area contributed by atoms with Gasteiger partial charge in [0.2, 0.25) is 5.95 Å². The summed E-state index contributed by atoms with van der Waals surface area (Å²) in [6, 6.07) is 2.46. The molecule has 0 aliphatic heterocycles. The minimum absolute atomic E-state index is 0.136. The molecule has 0 saturated carbocycles. The molecular weight excluding hydrogens is 280 g/mol. The second kappa shape index (κ2) is 6.12. The first kappa shape index (κ1) is 14.6. The van der Waals surface area contributed by atoms with E-state index >= 15 is 0 Å². The molecule has 21 heavy (non-hydrogen) atoms. The monoisotopic (exact) mass is 293 g/mol. The summed E-state index contributed by atoms with van der Waals surface area (Å²) in [6.45, 7) is 0. The normalized spacial score (nSPS) is 10.1. The topological polar surface area (TPSA) is 70.2 Å². The number of carbonyl (C=O) groups excluding carboxylic acids is 1. The van der Waals surface area contributed by atoms with Crippen LogP contribution >= 0.6 is 0 Å². The maximum Gasteiger partial charge on any atom is 0.323 e. The highest BCUT2D eigenvalue weighted by molar-refractivity contribution is 5.99. The van der Waals surface area contributed by atoms with Crippen LogP contribution in [0.1, 0.15) is 0 Å². The number of nitrogens with zero attached hydrogens (tertiary/aromatic N) is 3. The number of urea groups is 1. The van der Waals surface area contributed by atoms with Gasteiger partial charge < -0.3 is 15.5 Å². The first-order valence-electron chi connectivity index (χ1n) is 5.98. The second-order valence-electron chi connectivity index (χ2n) is 4.37. The summed E-state index contributed by atoms with van der Waals surface area (Å²) in [7, 11) is 3.58. The van der Waals surface area contributed by atoms with E-state index in [1.54, 1.807) is 19.0 Å². The lowest BCUT2D eigenvalue weighted by Crippen LogP contribution is -2.20. The molecule has 8 heteroatoms. The van der Waals surface area contributed by atoms with Crippen molar-refractivity contribution in [2.75, 3.05) is 29.6 Å². The summed E-state index contributed by atoms with van der Waals surface area (Å²) < 4.78 is 25.8. The molecule has 1 aromatic heterocycles. The zero-order chi connectivity index (χ0) is 15.4. The van der Waals surface area contributed by atoms with Gasteiger partial charge in [0.25, 0.3) is 0 Å². The SMILES string of the molecule is CN(C)c1ncc(NC(=O)Nc2ccc(F)c(F)c2)cn1. The van der Waals surface area contributed by atoms with Crippen LogP contribution in [-0.2, 0) is 0 Å². The summed E-state index contributed by atoms with van der Waals surface area (Å²) >= 11 is 0. The van der Waals surface area contributed by atoms with Crippen molar-refractivity contribution >= 4 is 23.4 Å². The van der Waals surface area contributed by atoms with Gasteiger partial charge in [0.05, 0.1) is 18.1 Å². The molecule has 6 nitrogen and oxygen atoms in total. The van der Waals surface area contributed by atoms with E-state index in [0.29, 0.717) is 11.6 Å². The van der Waals surface area contributed by atoms with Gasteiger partial charge in [0.15, 0.2) is 11.6 Å². The van der Waals surface area contributed by atoms with Gasteiger partial charge in [-0.3, -0.25) is 0 Å². The van der Waals surface area contributed by atoms with E-state index in [2.05, 4.69) is 20.6 Å². The molecule has 0 saturated heterocycles. The number of halogens is 2. The molecule has 0 atom stereocenters. The fourth-order valence-electron chi connectivity index (χ4n) is 1.48. The van der Waals surface area contributed by atoms with Crippen LogP contribution in [0.3, 0.4) is 0 Å². The van der Waals surface area contributed by atoms with Crippen LogP contribution in [0.5, 0.6) is 0 Å². The van der Waals surface area contributed by atoms with Gasteiger partial charge in [0.1, 0.15) is 0 Å². The Morgan fingerprint density at radius 2 is 1.67 bits per heavy atom. The van der Waals surface area contributed by atoms with E-state index in [-0.39, 0.29) is 5.69 Å². The van der Waals surface area contributed by atoms with Gasteiger partial charge in [-0.1, -0.05) is 0 Å². The molecular formula is C13H13F2N5O. The summed E-state index contributed by atoms with van der Waals surface area (Å²) in [5.41, 5.74) is 0.512. The Morgan fingerprint density at radius 3 is 2.24 bits per heavy atom. The summed E-state index contributed by atoms with van der Waals surface area (Å²) in [5, 5.41) is 4.85. The van der Waals surface area contributed by atoms with Crippen molar-refractivity contribution in [3.8, 4) is 0 Å². The Morgan fingerprint density at radius 1 is 1.05 bits per heavy atom. The van der Waals surface area contributed by atoms with Gasteiger partial charge in [-0.25, -0.2) is 23.5 Å². The summed E-state index contributed by atoms with van der Waals surface area (Å²) in [6.07, 6.45) is 2.88. The van der Waals surface area contributed by atoms with Gasteiger partial charge >= 0.3 is 6.03 Å². The lowest BCUT2D eigenvalue weighted by atomic mass is 10.3. The molecule has 0 unspecified atom stereocenters. The lowest BCUT2D eigenvalue weighted by Gasteiger charge is -2.11. The Bertz CT molecular complexity index is 646. The highest BCUT2D eigenvalue weighted by Gasteiger charge is 2.07. The molecule has 2 rings (SSSR count). The molecule has 0 aliphatic rings. The van der Waals surface area contributed by atoms with Crippen molar-refractivity contribution in [1.82, 2.24) is 9.97 Å². The number of rotatable bonds is 3. The number of hydrogen-bond donors (Lipinski definition) is 2. The standard InChI is InChI=1S/C13H13F2N5O/c1-20(2)12-16-6-9(7-17-12)19-13(21)18-8-3-4-10(14)11(15)5-8/h3-7H,1-2H3,(H2,18,19,21). The molecule has 0 bridgehead atoms. The van der Waals surface area contributed by atoms with E-state index in [4.69, 9.17) is 0 Å². The molecule has 0 spiro atoms. The minimum Gasteiger partial charge on any atom is -0.347 e. The van der Waals surface area contributed by atoms with Crippen LogP contribution in [0.2, 0.25) is 0 Å². The number of carbonyl (C=O) groups is 1. The quantitative estimate of drug-likeness (QED) is 0.912. The highest BCUT2D eigenvalue weighted by atomic mass is 19.2. The Balaban J connectivity index is 1.99. The summed E-state index contributed by atoms with van der Waals surface area (Å²) in [5.74, 6) is -1.51. The Hall–Kier alpha value is -2.77. The van der Waals surface area contributed by atoms with E-state index in [1.165, 1.54) is 18.5 Å². The summed E-state index contributed by atoms with van der Waals surface area (Å²) in [4.78, 5) is 21.5. The average Bonchev–Trinajstić information content (AvgIpc) is 2.43. The predicted octanol–water partition coefficient (Wildman–Crippen LogP) is 2.46. The number of amides is 2. The predicted molar refractivity (Wildman–Crippen MR) is 75.4 cm³/mol. The minimum atomic E-state index is -1.04. The number of hydrogen-bond acceptors (Lipinski definition) is 4. The third kappa shape index (κ3) is 3.85. The number of anilines is 3. The highest BCUT2D eigenvalue weighted by Crippen LogP contribution is 2.14. The number of aromatic nitrogens is 2. The van der Waals surface area contributed by atoms with Crippen molar-refractivity contribution in [2.24, 2.45) is 0 Å². The average molecular weight is 293 g/mol. The van der Waals surface area contributed by atoms with Crippen molar-refractivity contribution in [2.45, 2.75) is 0 Å². The van der Waals surface area contributed by atoms with Gasteiger partial charge in [0, 0.05) is 25.8 Å². The van der Waals surface area contributed by atoms with Crippen LogP contribution in [0.4, 0.5) is 30.9 Å². The third-order valence-corrected chi connectivity index (χ3v) is 2.47. The van der Waals surface area contributed by atoms with Gasteiger partial charge in [-0.15, -0.1) is 0 Å². The van der Waals surface area contributed by atoms with E-state index in [0.717, 1.165) is 12.1 Å². The van der Waals surface area contributed by atoms with Crippen molar-refractivity contribution in [3.63, 3.8) is 0 Å². The van der Waals surface area contributed by atoms with Gasteiger partial charge in [-0.05, 0) is 12.1 Å². The molecule has 1 aromatic carbocycles. The molecule has 2 aromatic rings. The van der Waals surface area contributed by atoms with Crippen LogP contribution < -0.4 is 15.5 Å². The second-order valence-corrected chi connectivity index (χ2v) is 4.37. The molecule has 0 fully saturated rings. The van der Waals surface area contributed by atoms with Crippen molar-refractivity contribution < 1.29 is 13.6 Å². The molecule has 2 amide bonds. The smallest absolute Gasteiger partial charge is 0.323 e. The largest absolute Gasteiger partial charge is 0.347 e. The lowest BCUT2D eigenvalue weighted by molar-refractivity contribution is 0.262. The van der Waals surface area contributed by atoms with E-state index < -0.39 is 17.7 Å². The van der Waals surface area contributed by atoms with Crippen LogP contribution in [0, 0.1) is 11.6 Å². The fourth-order valence-corrected chi connectivity index (χ4v) is 1.48. The Labute approximate surface area is 119 Å². The number of nitrogens with one attached hydrogen (secondary N) is 2. The molecule has 0 radical (unpaired) electrons. The van der Waals surface area contributed by atoms with Crippen LogP contribution in [0.15, 0.2) is 30.6 Å². The van der Waals surface area contributed by atoms with Crippen molar-refractivity contribution in [3.05, 3.63) is 42.2 Å². The van der Waals surface area contributed by atoms with Crippen LogP contribution in [0.25, 0.3) is 0 Å². The molecule has 1 heterocycles. The van der Waals surface area contributed by atoms with Crippen LogP contribution in [-0.4, -0.2) is 30.1 Å². The first-order valence-corrected chi connectivity index (χ1v) is 5.98. The Kier molecular flexibility index (Phi) is 4.27. The van der Waals surface area contributed by atoms with E-state index in [1.807, 2.05) is 0 Å². The number of benzene rings is 1. The third-order valence-electron chi connectivity index (χ3n) is 2.47. The maximum atomic E-state index is 13.0. The fraction of sp³-hybridized carbons (Fsp3) is 0.154. The maximum absolute atomic E-state index is 13.0. The first-order chi connectivity index (χ1) is 9.95. The zero-order valence-corrected chi connectivity index (χ0v) is 11.4. The molecule has 110 valence electrons. The van der Waals surface area contributed by atoms with E-state index in [9.17, 15) is 13.6 Å².